The second kappa shape index (κ2) is 9.36. The summed E-state index contributed by atoms with van der Waals surface area (Å²) in [7, 11) is 1.24. The normalized spacial score (nSPS) is 10.7. The van der Waals surface area contributed by atoms with Crippen molar-refractivity contribution in [1.82, 2.24) is 0 Å². The summed E-state index contributed by atoms with van der Waals surface area (Å²) in [5.74, 6) is -0.952. The van der Waals surface area contributed by atoms with Gasteiger partial charge in [-0.15, -0.1) is 0 Å². The van der Waals surface area contributed by atoms with Gasteiger partial charge in [-0.05, 0) is 43.2 Å². The molecule has 0 aliphatic heterocycles. The van der Waals surface area contributed by atoms with Gasteiger partial charge in [0.2, 0.25) is 0 Å². The summed E-state index contributed by atoms with van der Waals surface area (Å²) in [6, 6.07) is 7.56. The molecule has 6 heteroatoms. The molecule has 1 rings (SSSR count). The Morgan fingerprint density at radius 1 is 1.38 bits per heavy atom. The van der Waals surface area contributed by atoms with Gasteiger partial charge in [-0.1, -0.05) is 6.07 Å². The van der Waals surface area contributed by atoms with Gasteiger partial charge in [0.05, 0.1) is 13.7 Å². The molecular weight excluding hydrogens is 308 g/mol. The first kappa shape index (κ1) is 19.2. The first-order chi connectivity index (χ1) is 11.4. The highest BCUT2D eigenvalue weighted by Gasteiger charge is 2.11. The Morgan fingerprint density at radius 2 is 2.08 bits per heavy atom. The first-order valence-corrected chi connectivity index (χ1v) is 7.62. The number of esters is 2. The second-order valence-corrected chi connectivity index (χ2v) is 5.12. The van der Waals surface area contributed by atoms with Crippen LogP contribution in [0.2, 0.25) is 0 Å². The fraction of sp³-hybridized carbons (Fsp3) is 0.389. The Kier molecular flexibility index (Phi) is 7.50. The number of methoxy groups -OCH3 is 1. The van der Waals surface area contributed by atoms with E-state index in [0.29, 0.717) is 13.2 Å². The van der Waals surface area contributed by atoms with Crippen LogP contribution in [0.1, 0.15) is 25.0 Å². The highest BCUT2D eigenvalue weighted by atomic mass is 16.5. The van der Waals surface area contributed by atoms with E-state index >= 15 is 0 Å². The number of rotatable bonds is 7. The van der Waals surface area contributed by atoms with Crippen LogP contribution in [0.4, 0.5) is 5.69 Å². The molecule has 0 aliphatic rings. The Morgan fingerprint density at radius 3 is 2.58 bits per heavy atom. The number of hydrogen-bond donors (Lipinski definition) is 0. The summed E-state index contributed by atoms with van der Waals surface area (Å²) < 4.78 is 9.56. The van der Waals surface area contributed by atoms with Crippen LogP contribution in [0.15, 0.2) is 23.8 Å². The van der Waals surface area contributed by atoms with Crippen LogP contribution in [0.5, 0.6) is 0 Å². The van der Waals surface area contributed by atoms with Crippen molar-refractivity contribution in [2.45, 2.75) is 20.8 Å². The minimum atomic E-state index is -0.655. The Bertz CT molecular complexity index is 674. The van der Waals surface area contributed by atoms with E-state index in [1.807, 2.05) is 38.1 Å². The standard InChI is InChI=1S/C18H22N2O4/c1-5-20(8-9-24-14(3)21)17-7-6-15(13(2)10-17)11-16(12-19)18(22)23-4/h6-7,10-11H,5,8-9H2,1-4H3. The molecule has 0 amide bonds. The van der Waals surface area contributed by atoms with Gasteiger partial charge in [0, 0.05) is 19.2 Å². The SMILES string of the molecule is CCN(CCOC(C)=O)c1ccc(C=C(C#N)C(=O)OC)c(C)c1. The lowest BCUT2D eigenvalue weighted by molar-refractivity contribution is -0.140. The van der Waals surface area contributed by atoms with Gasteiger partial charge in [0.25, 0.3) is 0 Å². The lowest BCUT2D eigenvalue weighted by Gasteiger charge is -2.23. The topological polar surface area (TPSA) is 79.6 Å². The summed E-state index contributed by atoms with van der Waals surface area (Å²) >= 11 is 0. The number of carbonyl (C=O) groups is 2. The molecule has 24 heavy (non-hydrogen) atoms. The molecular formula is C18H22N2O4. The van der Waals surface area contributed by atoms with Crippen LogP contribution in [0, 0.1) is 18.3 Å². The summed E-state index contributed by atoms with van der Waals surface area (Å²) in [4.78, 5) is 24.4. The van der Waals surface area contributed by atoms with E-state index in [0.717, 1.165) is 23.4 Å². The average molecular weight is 330 g/mol. The van der Waals surface area contributed by atoms with Crippen molar-refractivity contribution < 1.29 is 19.1 Å². The Hall–Kier alpha value is -2.81. The molecule has 0 bridgehead atoms. The van der Waals surface area contributed by atoms with Gasteiger partial charge >= 0.3 is 11.9 Å². The molecule has 128 valence electrons. The van der Waals surface area contributed by atoms with Gasteiger partial charge in [0.15, 0.2) is 0 Å². The molecule has 1 aromatic rings. The number of hydrogen-bond acceptors (Lipinski definition) is 6. The summed E-state index contributed by atoms with van der Waals surface area (Å²) in [5, 5.41) is 9.03. The van der Waals surface area contributed by atoms with E-state index in [1.54, 1.807) is 0 Å². The van der Waals surface area contributed by atoms with Crippen molar-refractivity contribution in [3.63, 3.8) is 0 Å². The third kappa shape index (κ3) is 5.43. The second-order valence-electron chi connectivity index (χ2n) is 5.12. The third-order valence-corrected chi connectivity index (χ3v) is 3.49. The maximum atomic E-state index is 11.5. The molecule has 0 radical (unpaired) electrons. The van der Waals surface area contributed by atoms with Crippen molar-refractivity contribution in [2.75, 3.05) is 31.7 Å². The number of likely N-dealkylation sites (N-methyl/N-ethyl adjacent to an activating group) is 1. The molecule has 0 saturated carbocycles. The molecule has 0 aliphatic carbocycles. The predicted molar refractivity (Wildman–Crippen MR) is 91.3 cm³/mol. The first-order valence-electron chi connectivity index (χ1n) is 7.62. The van der Waals surface area contributed by atoms with Crippen molar-refractivity contribution >= 4 is 23.7 Å². The lowest BCUT2D eigenvalue weighted by atomic mass is 10.0. The lowest BCUT2D eigenvalue weighted by Crippen LogP contribution is -2.27. The maximum absolute atomic E-state index is 11.5. The monoisotopic (exact) mass is 330 g/mol. The summed E-state index contributed by atoms with van der Waals surface area (Å²) in [6.45, 7) is 6.99. The number of anilines is 1. The number of nitrogens with zero attached hydrogens (tertiary/aromatic N) is 2. The largest absolute Gasteiger partial charge is 0.465 e. The van der Waals surface area contributed by atoms with Gasteiger partial charge in [0.1, 0.15) is 18.2 Å². The average Bonchev–Trinajstić information content (AvgIpc) is 2.56. The maximum Gasteiger partial charge on any atom is 0.348 e. The fourth-order valence-corrected chi connectivity index (χ4v) is 2.19. The zero-order valence-electron chi connectivity index (χ0n) is 14.5. The number of ether oxygens (including phenoxy) is 2. The Labute approximate surface area is 142 Å². The summed E-state index contributed by atoms with van der Waals surface area (Å²) in [6.07, 6.45) is 1.51. The number of aryl methyl sites for hydroxylation is 1. The molecule has 0 aromatic heterocycles. The van der Waals surface area contributed by atoms with Gasteiger partial charge in [-0.3, -0.25) is 4.79 Å². The number of nitriles is 1. The molecule has 0 unspecified atom stereocenters. The minimum Gasteiger partial charge on any atom is -0.465 e. The van der Waals surface area contributed by atoms with Gasteiger partial charge < -0.3 is 14.4 Å². The van der Waals surface area contributed by atoms with E-state index in [2.05, 4.69) is 9.64 Å². The van der Waals surface area contributed by atoms with Crippen molar-refractivity contribution in [3.8, 4) is 6.07 Å². The van der Waals surface area contributed by atoms with E-state index < -0.39 is 5.97 Å². The van der Waals surface area contributed by atoms with Gasteiger partial charge in [-0.25, -0.2) is 4.79 Å². The Balaban J connectivity index is 2.97. The zero-order valence-corrected chi connectivity index (χ0v) is 14.5. The molecule has 0 heterocycles. The summed E-state index contributed by atoms with van der Waals surface area (Å²) in [5.41, 5.74) is 2.64. The molecule has 0 spiro atoms. The number of carbonyl (C=O) groups excluding carboxylic acids is 2. The highest BCUT2D eigenvalue weighted by Crippen LogP contribution is 2.21. The highest BCUT2D eigenvalue weighted by molar-refractivity contribution is 5.98. The molecule has 0 fully saturated rings. The van der Waals surface area contributed by atoms with Crippen LogP contribution >= 0.6 is 0 Å². The zero-order chi connectivity index (χ0) is 18.1. The van der Waals surface area contributed by atoms with Crippen LogP contribution in [-0.4, -0.2) is 38.7 Å². The van der Waals surface area contributed by atoms with Crippen molar-refractivity contribution in [2.24, 2.45) is 0 Å². The van der Waals surface area contributed by atoms with E-state index in [-0.39, 0.29) is 11.5 Å². The van der Waals surface area contributed by atoms with Crippen LogP contribution < -0.4 is 4.90 Å². The molecule has 0 N–H and O–H groups in total. The molecule has 0 saturated heterocycles. The molecule has 6 nitrogen and oxygen atoms in total. The molecule has 0 atom stereocenters. The predicted octanol–water partition coefficient (Wildman–Crippen LogP) is 2.46. The fourth-order valence-electron chi connectivity index (χ4n) is 2.19. The van der Waals surface area contributed by atoms with Crippen LogP contribution in [0.3, 0.4) is 0 Å². The number of benzene rings is 1. The van der Waals surface area contributed by atoms with Gasteiger partial charge in [-0.2, -0.15) is 5.26 Å². The van der Waals surface area contributed by atoms with Crippen molar-refractivity contribution in [1.29, 1.82) is 5.26 Å². The van der Waals surface area contributed by atoms with E-state index in [1.165, 1.54) is 20.1 Å². The van der Waals surface area contributed by atoms with E-state index in [9.17, 15) is 9.59 Å². The van der Waals surface area contributed by atoms with Crippen molar-refractivity contribution in [3.05, 3.63) is 34.9 Å². The van der Waals surface area contributed by atoms with Crippen LogP contribution in [0.25, 0.3) is 6.08 Å². The quantitative estimate of drug-likeness (QED) is 0.434. The smallest absolute Gasteiger partial charge is 0.348 e. The van der Waals surface area contributed by atoms with Crippen LogP contribution in [-0.2, 0) is 19.1 Å². The van der Waals surface area contributed by atoms with E-state index in [4.69, 9.17) is 10.00 Å². The minimum absolute atomic E-state index is 0.0458. The molecule has 1 aromatic carbocycles. The third-order valence-electron chi connectivity index (χ3n) is 3.49.